The Morgan fingerprint density at radius 1 is 1.40 bits per heavy atom. The van der Waals surface area contributed by atoms with Gasteiger partial charge in [0.2, 0.25) is 5.91 Å². The highest BCUT2D eigenvalue weighted by Crippen LogP contribution is 2.17. The minimum atomic E-state index is -3.64. The van der Waals surface area contributed by atoms with Crippen LogP contribution in [0, 0.1) is 6.92 Å². The Hall–Kier alpha value is -1.60. The van der Waals surface area contributed by atoms with E-state index in [4.69, 9.17) is 10.5 Å². The summed E-state index contributed by atoms with van der Waals surface area (Å²) in [5.74, 6) is -1.08. The van der Waals surface area contributed by atoms with Crippen molar-refractivity contribution in [3.05, 3.63) is 23.8 Å². The fourth-order valence-corrected chi connectivity index (χ4v) is 2.84. The lowest BCUT2D eigenvalue weighted by Crippen LogP contribution is -2.31. The van der Waals surface area contributed by atoms with Crippen molar-refractivity contribution >= 4 is 21.4 Å². The van der Waals surface area contributed by atoms with Crippen molar-refractivity contribution in [2.75, 3.05) is 31.7 Å². The predicted molar refractivity (Wildman–Crippen MR) is 77.1 cm³/mol. The molecule has 3 N–H and O–H groups in total. The molecule has 0 atom stereocenters. The fourth-order valence-electron chi connectivity index (χ4n) is 1.59. The summed E-state index contributed by atoms with van der Waals surface area (Å²) in [6, 6.07) is 4.41. The second-order valence-corrected chi connectivity index (χ2v) is 6.46. The highest BCUT2D eigenvalue weighted by atomic mass is 32.2. The van der Waals surface area contributed by atoms with E-state index in [2.05, 4.69) is 5.32 Å². The van der Waals surface area contributed by atoms with E-state index < -0.39 is 21.5 Å². The average molecular weight is 300 g/mol. The molecule has 0 aromatic heterocycles. The molecule has 6 nitrogen and oxygen atoms in total. The normalized spacial score (nSPS) is 11.3. The third-order valence-corrected chi connectivity index (χ3v) is 4.38. The summed E-state index contributed by atoms with van der Waals surface area (Å²) in [5, 5.41) is 2.55. The average Bonchev–Trinajstić information content (AvgIpc) is 2.37. The van der Waals surface area contributed by atoms with Crippen molar-refractivity contribution in [3.63, 3.8) is 0 Å². The lowest BCUT2D eigenvalue weighted by atomic mass is 10.2. The summed E-state index contributed by atoms with van der Waals surface area (Å²) in [4.78, 5) is 11.7. The van der Waals surface area contributed by atoms with Gasteiger partial charge in [-0.3, -0.25) is 4.79 Å². The van der Waals surface area contributed by atoms with E-state index in [1.165, 1.54) is 18.2 Å². The van der Waals surface area contributed by atoms with E-state index in [0.717, 1.165) is 0 Å². The van der Waals surface area contributed by atoms with E-state index in [-0.39, 0.29) is 4.90 Å². The second-order valence-electron chi connectivity index (χ2n) is 4.47. The van der Waals surface area contributed by atoms with Gasteiger partial charge in [0.25, 0.3) is 0 Å². The van der Waals surface area contributed by atoms with Crippen LogP contribution in [0.1, 0.15) is 12.0 Å². The molecule has 1 aromatic rings. The van der Waals surface area contributed by atoms with Crippen molar-refractivity contribution in [2.24, 2.45) is 0 Å². The van der Waals surface area contributed by atoms with Gasteiger partial charge >= 0.3 is 0 Å². The van der Waals surface area contributed by atoms with Gasteiger partial charge in [-0.2, -0.15) is 0 Å². The number of rotatable bonds is 7. The molecular weight excluding hydrogens is 280 g/mol. The monoisotopic (exact) mass is 300 g/mol. The standard InChI is InChI=1S/C13H20N2O4S/c1-10-8-11(4-5-12(10)14)20(17,18)9-13(16)15-6-3-7-19-2/h4-5,8H,3,6-7,9,14H2,1-2H3,(H,15,16). The zero-order valence-corrected chi connectivity index (χ0v) is 12.5. The summed E-state index contributed by atoms with van der Waals surface area (Å²) in [5.41, 5.74) is 6.84. The van der Waals surface area contributed by atoms with Gasteiger partial charge in [-0.05, 0) is 37.1 Å². The fraction of sp³-hybridized carbons (Fsp3) is 0.462. The molecule has 1 rings (SSSR count). The molecule has 0 radical (unpaired) electrons. The molecule has 1 amide bonds. The Labute approximate surface area is 119 Å². The Morgan fingerprint density at radius 2 is 2.10 bits per heavy atom. The maximum Gasteiger partial charge on any atom is 0.235 e. The van der Waals surface area contributed by atoms with Crippen LogP contribution in [0.4, 0.5) is 5.69 Å². The van der Waals surface area contributed by atoms with Gasteiger partial charge in [0, 0.05) is 25.9 Å². The number of carbonyl (C=O) groups excluding carboxylic acids is 1. The summed E-state index contributed by atoms with van der Waals surface area (Å²) in [6.07, 6.45) is 0.642. The first-order valence-corrected chi connectivity index (χ1v) is 7.86. The maximum absolute atomic E-state index is 12.1. The first-order valence-electron chi connectivity index (χ1n) is 6.21. The Morgan fingerprint density at radius 3 is 2.70 bits per heavy atom. The molecule has 1 aromatic carbocycles. The summed E-state index contributed by atoms with van der Waals surface area (Å²) in [6.45, 7) is 2.63. The largest absolute Gasteiger partial charge is 0.399 e. The summed E-state index contributed by atoms with van der Waals surface area (Å²) in [7, 11) is -2.08. The predicted octanol–water partition coefficient (Wildman–Crippen LogP) is 0.504. The molecule has 112 valence electrons. The van der Waals surface area contributed by atoms with E-state index in [1.807, 2.05) is 0 Å². The third kappa shape index (κ3) is 4.82. The van der Waals surface area contributed by atoms with Crippen LogP contribution in [-0.2, 0) is 19.4 Å². The van der Waals surface area contributed by atoms with E-state index in [0.29, 0.717) is 30.8 Å². The van der Waals surface area contributed by atoms with Crippen molar-refractivity contribution in [2.45, 2.75) is 18.2 Å². The molecule has 7 heteroatoms. The van der Waals surface area contributed by atoms with Crippen molar-refractivity contribution < 1.29 is 17.9 Å². The Bertz CT molecular complexity index is 570. The molecule has 0 fully saturated rings. The lowest BCUT2D eigenvalue weighted by Gasteiger charge is -2.08. The molecule has 20 heavy (non-hydrogen) atoms. The van der Waals surface area contributed by atoms with E-state index in [1.54, 1.807) is 14.0 Å². The topological polar surface area (TPSA) is 98.5 Å². The number of anilines is 1. The number of hydrogen-bond acceptors (Lipinski definition) is 5. The summed E-state index contributed by atoms with van der Waals surface area (Å²) < 4.78 is 29.0. The van der Waals surface area contributed by atoms with Crippen molar-refractivity contribution in [1.29, 1.82) is 0 Å². The number of aryl methyl sites for hydroxylation is 1. The quantitative estimate of drug-likeness (QED) is 0.564. The minimum Gasteiger partial charge on any atom is -0.399 e. The minimum absolute atomic E-state index is 0.108. The zero-order valence-electron chi connectivity index (χ0n) is 11.7. The van der Waals surface area contributed by atoms with Crippen LogP contribution in [-0.4, -0.2) is 40.3 Å². The molecule has 0 bridgehead atoms. The Kier molecular flexibility index (Phi) is 5.97. The Balaban J connectivity index is 2.65. The number of nitrogen functional groups attached to an aromatic ring is 1. The van der Waals surface area contributed by atoms with E-state index >= 15 is 0 Å². The van der Waals surface area contributed by atoms with Crippen molar-refractivity contribution in [1.82, 2.24) is 5.32 Å². The van der Waals surface area contributed by atoms with Gasteiger partial charge in [-0.1, -0.05) is 0 Å². The van der Waals surface area contributed by atoms with Crippen LogP contribution >= 0.6 is 0 Å². The number of benzene rings is 1. The number of nitrogens with two attached hydrogens (primary N) is 1. The number of methoxy groups -OCH3 is 1. The lowest BCUT2D eigenvalue weighted by molar-refractivity contribution is -0.118. The molecule has 0 heterocycles. The number of nitrogens with one attached hydrogen (secondary N) is 1. The summed E-state index contributed by atoms with van der Waals surface area (Å²) >= 11 is 0. The maximum atomic E-state index is 12.1. The number of carbonyl (C=O) groups is 1. The number of sulfone groups is 1. The molecule has 0 aliphatic heterocycles. The van der Waals surface area contributed by atoms with Gasteiger partial charge < -0.3 is 15.8 Å². The van der Waals surface area contributed by atoms with E-state index in [9.17, 15) is 13.2 Å². The number of amides is 1. The third-order valence-electron chi connectivity index (χ3n) is 2.77. The van der Waals surface area contributed by atoms with Gasteiger partial charge in [0.05, 0.1) is 4.90 Å². The number of ether oxygens (including phenoxy) is 1. The van der Waals surface area contributed by atoms with Gasteiger partial charge in [-0.15, -0.1) is 0 Å². The molecule has 0 unspecified atom stereocenters. The van der Waals surface area contributed by atoms with Crippen LogP contribution in [0.25, 0.3) is 0 Å². The molecule has 0 aliphatic rings. The number of hydrogen-bond donors (Lipinski definition) is 2. The molecule has 0 saturated heterocycles. The van der Waals surface area contributed by atoms with Crippen LogP contribution in [0.2, 0.25) is 0 Å². The van der Waals surface area contributed by atoms with Gasteiger partial charge in [-0.25, -0.2) is 8.42 Å². The van der Waals surface area contributed by atoms with Crippen LogP contribution < -0.4 is 11.1 Å². The molecular formula is C13H20N2O4S. The highest BCUT2D eigenvalue weighted by molar-refractivity contribution is 7.92. The SMILES string of the molecule is COCCCNC(=O)CS(=O)(=O)c1ccc(N)c(C)c1. The molecule has 0 spiro atoms. The zero-order chi connectivity index (χ0) is 15.2. The van der Waals surface area contributed by atoms with Crippen molar-refractivity contribution in [3.8, 4) is 0 Å². The van der Waals surface area contributed by atoms with Gasteiger partial charge in [0.15, 0.2) is 9.84 Å². The van der Waals surface area contributed by atoms with Gasteiger partial charge in [0.1, 0.15) is 5.75 Å². The second kappa shape index (κ2) is 7.25. The first-order chi connectivity index (χ1) is 9.36. The molecule has 0 aliphatic carbocycles. The first kappa shape index (κ1) is 16.5. The van der Waals surface area contributed by atoms with Crippen LogP contribution in [0.3, 0.4) is 0 Å². The van der Waals surface area contributed by atoms with Crippen LogP contribution in [0.5, 0.6) is 0 Å². The molecule has 0 saturated carbocycles. The smallest absolute Gasteiger partial charge is 0.235 e. The highest BCUT2D eigenvalue weighted by Gasteiger charge is 2.19. The van der Waals surface area contributed by atoms with Crippen LogP contribution in [0.15, 0.2) is 23.1 Å².